The first kappa shape index (κ1) is 16.9. The van der Waals surface area contributed by atoms with Gasteiger partial charge >= 0.3 is 0 Å². The maximum absolute atomic E-state index is 12.2. The molecule has 6 nitrogen and oxygen atoms in total. The first-order chi connectivity index (χ1) is 10.3. The van der Waals surface area contributed by atoms with E-state index < -0.39 is 14.9 Å². The number of rotatable bonds is 6. The maximum atomic E-state index is 12.2. The normalized spacial score (nSPS) is 11.5. The zero-order valence-corrected chi connectivity index (χ0v) is 14.0. The molecule has 0 spiro atoms. The van der Waals surface area contributed by atoms with Gasteiger partial charge in [0.15, 0.2) is 0 Å². The van der Waals surface area contributed by atoms with Crippen molar-refractivity contribution in [3.05, 3.63) is 55.2 Å². The summed E-state index contributed by atoms with van der Waals surface area (Å²) >= 11 is 7.42. The van der Waals surface area contributed by atoms with Gasteiger partial charge in [-0.15, -0.1) is 11.3 Å². The number of nitro groups is 1. The molecule has 0 unspecified atom stereocenters. The van der Waals surface area contributed by atoms with Gasteiger partial charge in [0, 0.05) is 23.1 Å². The fourth-order valence-corrected chi connectivity index (χ4v) is 3.90. The highest BCUT2D eigenvalue weighted by molar-refractivity contribution is 7.89. The molecule has 1 N–H and O–H groups in total. The molecule has 2 aromatic rings. The van der Waals surface area contributed by atoms with Crippen LogP contribution in [0, 0.1) is 17.0 Å². The monoisotopic (exact) mass is 360 g/mol. The Balaban J connectivity index is 2.20. The van der Waals surface area contributed by atoms with Crippen LogP contribution in [0.3, 0.4) is 0 Å². The molecular formula is C13H13ClN2O4S2. The molecule has 1 aromatic heterocycles. The molecule has 0 aliphatic carbocycles. The van der Waals surface area contributed by atoms with Crippen LogP contribution in [-0.4, -0.2) is 19.9 Å². The largest absolute Gasteiger partial charge is 0.275 e. The van der Waals surface area contributed by atoms with E-state index >= 15 is 0 Å². The van der Waals surface area contributed by atoms with Gasteiger partial charge < -0.3 is 0 Å². The summed E-state index contributed by atoms with van der Waals surface area (Å²) in [7, 11) is -3.84. The van der Waals surface area contributed by atoms with E-state index in [1.54, 1.807) is 0 Å². The van der Waals surface area contributed by atoms with E-state index in [4.69, 9.17) is 11.6 Å². The molecule has 9 heteroatoms. The van der Waals surface area contributed by atoms with Crippen LogP contribution in [-0.2, 0) is 16.4 Å². The highest BCUT2D eigenvalue weighted by Gasteiger charge is 2.22. The van der Waals surface area contributed by atoms with Crippen molar-refractivity contribution < 1.29 is 13.3 Å². The number of benzene rings is 1. The highest BCUT2D eigenvalue weighted by atomic mass is 35.5. The van der Waals surface area contributed by atoms with Gasteiger partial charge in [0.25, 0.3) is 5.69 Å². The number of nitro benzene ring substituents is 1. The number of nitrogens with one attached hydrogen (secondary N) is 1. The van der Waals surface area contributed by atoms with Crippen molar-refractivity contribution in [1.29, 1.82) is 0 Å². The van der Waals surface area contributed by atoms with E-state index in [0.717, 1.165) is 10.9 Å². The highest BCUT2D eigenvalue weighted by Crippen LogP contribution is 2.29. The van der Waals surface area contributed by atoms with Gasteiger partial charge in [-0.1, -0.05) is 17.7 Å². The number of thiophene rings is 1. The lowest BCUT2D eigenvalue weighted by molar-refractivity contribution is -0.385. The van der Waals surface area contributed by atoms with Crippen molar-refractivity contribution in [2.24, 2.45) is 0 Å². The topological polar surface area (TPSA) is 89.3 Å². The van der Waals surface area contributed by atoms with E-state index in [2.05, 4.69) is 4.72 Å². The van der Waals surface area contributed by atoms with Crippen LogP contribution in [0.15, 0.2) is 34.5 Å². The molecule has 1 heterocycles. The van der Waals surface area contributed by atoms with Crippen molar-refractivity contribution >= 4 is 38.6 Å². The predicted molar refractivity (Wildman–Crippen MR) is 86.1 cm³/mol. The Morgan fingerprint density at radius 2 is 2.14 bits per heavy atom. The second-order valence-corrected chi connectivity index (χ2v) is 7.74. The Hall–Kier alpha value is -1.48. The SMILES string of the molecule is Cc1c(Cl)cc(S(=O)(=O)NCCc2cccs2)cc1[N+](=O)[O-]. The molecule has 0 aliphatic rings. The zero-order chi connectivity index (χ0) is 16.3. The van der Waals surface area contributed by atoms with Crippen LogP contribution < -0.4 is 4.72 Å². The molecule has 0 saturated heterocycles. The summed E-state index contributed by atoms with van der Waals surface area (Å²) in [5.74, 6) is 0. The molecule has 1 aromatic carbocycles. The van der Waals surface area contributed by atoms with Crippen molar-refractivity contribution in [2.45, 2.75) is 18.2 Å². The molecule has 0 bridgehead atoms. The predicted octanol–water partition coefficient (Wildman–Crippen LogP) is 3.14. The van der Waals surface area contributed by atoms with Crippen molar-refractivity contribution in [1.82, 2.24) is 4.72 Å². The third-order valence-electron chi connectivity index (χ3n) is 3.04. The first-order valence-corrected chi connectivity index (χ1v) is 9.02. The number of sulfonamides is 1. The van der Waals surface area contributed by atoms with Gasteiger partial charge in [0.2, 0.25) is 10.0 Å². The molecule has 0 amide bonds. The van der Waals surface area contributed by atoms with Gasteiger partial charge in [-0.25, -0.2) is 13.1 Å². The second-order valence-electron chi connectivity index (χ2n) is 4.53. The Morgan fingerprint density at radius 3 is 2.73 bits per heavy atom. The second kappa shape index (κ2) is 6.74. The van der Waals surface area contributed by atoms with E-state index in [1.165, 1.54) is 24.3 Å². The number of hydrogen-bond acceptors (Lipinski definition) is 5. The van der Waals surface area contributed by atoms with Crippen LogP contribution >= 0.6 is 22.9 Å². The van der Waals surface area contributed by atoms with Gasteiger partial charge in [-0.05, 0) is 30.9 Å². The fraction of sp³-hybridized carbons (Fsp3) is 0.231. The average Bonchev–Trinajstić information content (AvgIpc) is 2.94. The summed E-state index contributed by atoms with van der Waals surface area (Å²) in [6, 6.07) is 6.04. The molecule has 0 radical (unpaired) electrons. The maximum Gasteiger partial charge on any atom is 0.275 e. The molecule has 0 fully saturated rings. The summed E-state index contributed by atoms with van der Waals surface area (Å²) in [5, 5.41) is 12.9. The molecular weight excluding hydrogens is 348 g/mol. The van der Waals surface area contributed by atoms with E-state index in [1.807, 2.05) is 17.5 Å². The van der Waals surface area contributed by atoms with E-state index in [9.17, 15) is 18.5 Å². The molecule has 0 saturated carbocycles. The quantitative estimate of drug-likeness (QED) is 0.633. The summed E-state index contributed by atoms with van der Waals surface area (Å²) in [6.07, 6.45) is 0.554. The minimum atomic E-state index is -3.84. The average molecular weight is 361 g/mol. The Bertz CT molecular complexity index is 789. The van der Waals surface area contributed by atoms with Gasteiger partial charge in [-0.2, -0.15) is 0 Å². The van der Waals surface area contributed by atoms with Gasteiger partial charge in [0.05, 0.1) is 14.8 Å². The number of halogens is 1. The van der Waals surface area contributed by atoms with Gasteiger partial charge in [-0.3, -0.25) is 10.1 Å². The van der Waals surface area contributed by atoms with Crippen LogP contribution in [0.5, 0.6) is 0 Å². The van der Waals surface area contributed by atoms with Crippen LogP contribution in [0.2, 0.25) is 5.02 Å². The molecule has 0 atom stereocenters. The Kier molecular flexibility index (Phi) is 5.17. The van der Waals surface area contributed by atoms with Crippen LogP contribution in [0.1, 0.15) is 10.4 Å². The van der Waals surface area contributed by atoms with Crippen molar-refractivity contribution in [3.63, 3.8) is 0 Å². The lowest BCUT2D eigenvalue weighted by Crippen LogP contribution is -2.26. The molecule has 2 rings (SSSR count). The molecule has 118 valence electrons. The minimum Gasteiger partial charge on any atom is -0.258 e. The van der Waals surface area contributed by atoms with Crippen molar-refractivity contribution in [3.8, 4) is 0 Å². The molecule has 0 aliphatic heterocycles. The fourth-order valence-electron chi connectivity index (χ4n) is 1.83. The summed E-state index contributed by atoms with van der Waals surface area (Å²) < 4.78 is 26.8. The van der Waals surface area contributed by atoms with Gasteiger partial charge in [0.1, 0.15) is 0 Å². The Labute approximate surface area is 136 Å². The summed E-state index contributed by atoms with van der Waals surface area (Å²) in [5.41, 5.74) is -0.0738. The van der Waals surface area contributed by atoms with Crippen molar-refractivity contribution in [2.75, 3.05) is 6.54 Å². The van der Waals surface area contributed by atoms with Crippen LogP contribution in [0.4, 0.5) is 5.69 Å². The molecule has 22 heavy (non-hydrogen) atoms. The first-order valence-electron chi connectivity index (χ1n) is 6.28. The number of hydrogen-bond donors (Lipinski definition) is 1. The summed E-state index contributed by atoms with van der Waals surface area (Å²) in [4.78, 5) is 11.2. The minimum absolute atomic E-state index is 0.0489. The van der Waals surface area contributed by atoms with E-state index in [0.29, 0.717) is 6.42 Å². The lowest BCUT2D eigenvalue weighted by atomic mass is 10.2. The third kappa shape index (κ3) is 3.83. The standard InChI is InChI=1S/C13H13ClN2O4S2/c1-9-12(14)7-11(8-13(9)16(17)18)22(19,20)15-5-4-10-3-2-6-21-10/h2-3,6-8,15H,4-5H2,1H3. The smallest absolute Gasteiger partial charge is 0.258 e. The van der Waals surface area contributed by atoms with E-state index in [-0.39, 0.29) is 27.7 Å². The number of nitrogens with zero attached hydrogens (tertiary/aromatic N) is 1. The van der Waals surface area contributed by atoms with Crippen LogP contribution in [0.25, 0.3) is 0 Å². The lowest BCUT2D eigenvalue weighted by Gasteiger charge is -2.08. The third-order valence-corrected chi connectivity index (χ3v) is 5.81. The summed E-state index contributed by atoms with van der Waals surface area (Å²) in [6.45, 7) is 1.68. The zero-order valence-electron chi connectivity index (χ0n) is 11.6. The Morgan fingerprint density at radius 1 is 1.41 bits per heavy atom.